The zero-order valence-electron chi connectivity index (χ0n) is 14.8. The summed E-state index contributed by atoms with van der Waals surface area (Å²) in [6.07, 6.45) is 6.47. The highest BCUT2D eigenvalue weighted by Gasteiger charge is 2.84. The Balaban J connectivity index is 2.03. The standard InChI is InChI=1S/C20H28O4/c1-11(2)16-6-13-7-19(10-22)15-5-4-12(3)14(15)8-18(13,9-21)20(16,19)17(23)24/h6,10-15,21H,4-5,7-9H2,1-3H3,(H,23,24)/t12-,13?,14-,15-,18+,19+,20-/m1/s1. The molecule has 24 heavy (non-hydrogen) atoms. The van der Waals surface area contributed by atoms with Crippen molar-refractivity contribution in [1.82, 2.24) is 0 Å². The minimum absolute atomic E-state index is 0.0130. The zero-order chi connectivity index (χ0) is 17.5. The van der Waals surface area contributed by atoms with Crippen LogP contribution in [0.25, 0.3) is 0 Å². The van der Waals surface area contributed by atoms with E-state index in [0.717, 1.165) is 31.1 Å². The number of hydrogen-bond donors (Lipinski definition) is 2. The molecule has 4 bridgehead atoms. The van der Waals surface area contributed by atoms with E-state index in [1.807, 2.05) is 13.8 Å². The van der Waals surface area contributed by atoms with Gasteiger partial charge in [-0.2, -0.15) is 0 Å². The Morgan fingerprint density at radius 2 is 2.08 bits per heavy atom. The number of hydrogen-bond acceptors (Lipinski definition) is 3. The molecule has 4 nitrogen and oxygen atoms in total. The number of rotatable bonds is 4. The van der Waals surface area contributed by atoms with Crippen LogP contribution in [0, 0.1) is 45.8 Å². The number of aliphatic carboxylic acids is 1. The van der Waals surface area contributed by atoms with Gasteiger partial charge in [-0.25, -0.2) is 0 Å². The number of fused-ring (bicyclic) bond motifs is 2. The molecule has 0 saturated heterocycles. The summed E-state index contributed by atoms with van der Waals surface area (Å²) in [5.74, 6) is 0.215. The van der Waals surface area contributed by atoms with Crippen molar-refractivity contribution in [3.63, 3.8) is 0 Å². The minimum atomic E-state index is -1.21. The van der Waals surface area contributed by atoms with E-state index in [4.69, 9.17) is 0 Å². The maximum absolute atomic E-state index is 12.8. The van der Waals surface area contributed by atoms with Crippen LogP contribution in [0.1, 0.15) is 46.5 Å². The molecule has 0 aromatic heterocycles. The summed E-state index contributed by atoms with van der Waals surface area (Å²) in [5, 5.41) is 20.9. The van der Waals surface area contributed by atoms with Gasteiger partial charge in [-0.15, -0.1) is 0 Å². The smallest absolute Gasteiger partial charge is 0.315 e. The lowest BCUT2D eigenvalue weighted by atomic mass is 9.43. The fourth-order valence-electron chi connectivity index (χ4n) is 7.66. The SMILES string of the molecule is CC(C)C1=CC2C[C@]3(C=O)[C@@H]4CC[C@@H](C)[C@H]4C[C@@]2(CO)[C@]13C(=O)O. The van der Waals surface area contributed by atoms with Crippen molar-refractivity contribution >= 4 is 12.3 Å². The molecule has 4 aliphatic carbocycles. The molecule has 0 aliphatic heterocycles. The Labute approximate surface area is 143 Å². The van der Waals surface area contributed by atoms with Gasteiger partial charge >= 0.3 is 5.97 Å². The van der Waals surface area contributed by atoms with E-state index >= 15 is 0 Å². The van der Waals surface area contributed by atoms with Crippen molar-refractivity contribution < 1.29 is 19.8 Å². The molecule has 3 fully saturated rings. The molecule has 0 heterocycles. The number of aliphatic hydroxyl groups is 1. The third-order valence-corrected chi connectivity index (χ3v) is 8.40. The van der Waals surface area contributed by atoms with E-state index in [9.17, 15) is 19.8 Å². The van der Waals surface area contributed by atoms with Crippen LogP contribution in [0.3, 0.4) is 0 Å². The molecule has 4 heteroatoms. The lowest BCUT2D eigenvalue weighted by molar-refractivity contribution is -0.184. The average Bonchev–Trinajstić information content (AvgIpc) is 3.11. The van der Waals surface area contributed by atoms with Crippen LogP contribution in [-0.2, 0) is 9.59 Å². The largest absolute Gasteiger partial charge is 0.481 e. The Morgan fingerprint density at radius 3 is 2.62 bits per heavy atom. The minimum Gasteiger partial charge on any atom is -0.481 e. The molecule has 1 unspecified atom stereocenters. The maximum Gasteiger partial charge on any atom is 0.315 e. The summed E-state index contributed by atoms with van der Waals surface area (Å²) in [6, 6.07) is 0. The van der Waals surface area contributed by atoms with Crippen LogP contribution in [0.2, 0.25) is 0 Å². The molecular weight excluding hydrogens is 304 g/mol. The van der Waals surface area contributed by atoms with Gasteiger partial charge < -0.3 is 15.0 Å². The first-order valence-corrected chi connectivity index (χ1v) is 9.35. The maximum atomic E-state index is 12.8. The van der Waals surface area contributed by atoms with E-state index in [2.05, 4.69) is 13.0 Å². The van der Waals surface area contributed by atoms with E-state index in [0.29, 0.717) is 18.3 Å². The quantitative estimate of drug-likeness (QED) is 0.613. The van der Waals surface area contributed by atoms with Crippen molar-refractivity contribution in [2.75, 3.05) is 6.61 Å². The van der Waals surface area contributed by atoms with Gasteiger partial charge in [-0.1, -0.05) is 38.8 Å². The second-order valence-electron chi connectivity index (χ2n) is 9.14. The Morgan fingerprint density at radius 1 is 1.38 bits per heavy atom. The van der Waals surface area contributed by atoms with Crippen molar-refractivity contribution in [2.45, 2.75) is 46.5 Å². The predicted octanol–water partition coefficient (Wildman–Crippen LogP) is 2.90. The predicted molar refractivity (Wildman–Crippen MR) is 89.1 cm³/mol. The summed E-state index contributed by atoms with van der Waals surface area (Å²) >= 11 is 0. The Kier molecular flexibility index (Phi) is 3.21. The molecule has 7 atom stereocenters. The van der Waals surface area contributed by atoms with Crippen LogP contribution in [-0.4, -0.2) is 29.1 Å². The Hall–Kier alpha value is -1.16. The summed E-state index contributed by atoms with van der Waals surface area (Å²) < 4.78 is 0. The molecule has 4 aliphatic rings. The normalized spacial score (nSPS) is 51.6. The number of carbonyl (C=O) groups excluding carboxylic acids is 1. The number of carbonyl (C=O) groups is 2. The molecule has 2 N–H and O–H groups in total. The van der Waals surface area contributed by atoms with Crippen molar-refractivity contribution in [3.8, 4) is 0 Å². The van der Waals surface area contributed by atoms with E-state index in [1.165, 1.54) is 0 Å². The van der Waals surface area contributed by atoms with Crippen molar-refractivity contribution in [3.05, 3.63) is 11.6 Å². The van der Waals surface area contributed by atoms with Gasteiger partial charge in [0, 0.05) is 5.41 Å². The Bertz CT molecular complexity index is 638. The molecule has 0 aromatic rings. The third-order valence-electron chi connectivity index (χ3n) is 8.40. The van der Waals surface area contributed by atoms with Gasteiger partial charge in [0.1, 0.15) is 11.7 Å². The topological polar surface area (TPSA) is 74.6 Å². The molecule has 0 radical (unpaired) electrons. The molecule has 132 valence electrons. The van der Waals surface area contributed by atoms with Gasteiger partial charge in [0.25, 0.3) is 0 Å². The second-order valence-corrected chi connectivity index (χ2v) is 9.14. The first kappa shape index (κ1) is 16.3. The first-order chi connectivity index (χ1) is 11.3. The molecule has 0 aromatic carbocycles. The van der Waals surface area contributed by atoms with Gasteiger partial charge in [0.15, 0.2) is 0 Å². The third kappa shape index (κ3) is 1.35. The highest BCUT2D eigenvalue weighted by atomic mass is 16.4. The van der Waals surface area contributed by atoms with Crippen LogP contribution >= 0.6 is 0 Å². The zero-order valence-corrected chi connectivity index (χ0v) is 14.8. The monoisotopic (exact) mass is 332 g/mol. The van der Waals surface area contributed by atoms with Gasteiger partial charge in [0.2, 0.25) is 0 Å². The molecule has 4 rings (SSSR count). The second kappa shape index (κ2) is 4.72. The van der Waals surface area contributed by atoms with Crippen molar-refractivity contribution in [2.24, 2.45) is 45.8 Å². The summed E-state index contributed by atoms with van der Waals surface area (Å²) in [4.78, 5) is 25.3. The average molecular weight is 332 g/mol. The molecule has 0 amide bonds. The van der Waals surface area contributed by atoms with Crippen LogP contribution in [0.15, 0.2) is 11.6 Å². The van der Waals surface area contributed by atoms with Gasteiger partial charge in [0.05, 0.1) is 12.0 Å². The number of aliphatic hydroxyl groups excluding tert-OH is 1. The summed E-state index contributed by atoms with van der Waals surface area (Å²) in [5.41, 5.74) is -1.85. The van der Waals surface area contributed by atoms with Crippen LogP contribution in [0.4, 0.5) is 0 Å². The van der Waals surface area contributed by atoms with E-state index in [1.54, 1.807) is 0 Å². The highest BCUT2D eigenvalue weighted by Crippen LogP contribution is 2.82. The van der Waals surface area contributed by atoms with Gasteiger partial charge in [-0.05, 0) is 48.9 Å². The lowest BCUT2D eigenvalue weighted by Crippen LogP contribution is -2.63. The van der Waals surface area contributed by atoms with Crippen LogP contribution in [0.5, 0.6) is 0 Å². The number of carboxylic acids is 1. The first-order valence-electron chi connectivity index (χ1n) is 9.35. The summed E-state index contributed by atoms with van der Waals surface area (Å²) in [7, 11) is 0. The van der Waals surface area contributed by atoms with Gasteiger partial charge in [-0.3, -0.25) is 4.79 Å². The number of allylic oxidation sites excluding steroid dienone is 1. The number of aldehydes is 1. The molecule has 0 spiro atoms. The number of carboxylic acid groups (broad SMARTS) is 1. The lowest BCUT2D eigenvalue weighted by Gasteiger charge is -2.58. The highest BCUT2D eigenvalue weighted by molar-refractivity contribution is 5.90. The van der Waals surface area contributed by atoms with Crippen LogP contribution < -0.4 is 0 Å². The van der Waals surface area contributed by atoms with Crippen molar-refractivity contribution in [1.29, 1.82) is 0 Å². The van der Waals surface area contributed by atoms with E-state index < -0.39 is 22.2 Å². The fraction of sp³-hybridized carbons (Fsp3) is 0.800. The molecular formula is C20H28O4. The van der Waals surface area contributed by atoms with E-state index in [-0.39, 0.29) is 24.4 Å². The summed E-state index contributed by atoms with van der Waals surface area (Å²) in [6.45, 7) is 6.13. The fourth-order valence-corrected chi connectivity index (χ4v) is 7.66. The molecule has 3 saturated carbocycles.